The molecule has 0 aromatic heterocycles. The molecule has 10 heteroatoms. The van der Waals surface area contributed by atoms with Gasteiger partial charge in [-0.1, -0.05) is 24.3 Å². The fourth-order valence-electron chi connectivity index (χ4n) is 4.57. The molecule has 0 bridgehead atoms. The summed E-state index contributed by atoms with van der Waals surface area (Å²) < 4.78 is 0.895. The molecule has 10 nitrogen and oxygen atoms in total. The number of hydrogen-bond acceptors (Lipinski definition) is 5. The largest absolute Gasteiger partial charge is 0.478 e. The molecule has 3 rings (SSSR count). The molecular formula is C29H36N3O7+. The molecule has 1 aliphatic rings. The van der Waals surface area contributed by atoms with Crippen molar-refractivity contribution in [1.82, 2.24) is 9.80 Å². The molecule has 0 aliphatic carbocycles. The summed E-state index contributed by atoms with van der Waals surface area (Å²) in [6.07, 6.45) is 1.82. The van der Waals surface area contributed by atoms with Gasteiger partial charge in [0.2, 0.25) is 5.91 Å². The Hall–Kier alpha value is -4.05. The number of hydrogen-bond donors (Lipinski definition) is 2. The first kappa shape index (κ1) is 29.5. The highest BCUT2D eigenvalue weighted by Crippen LogP contribution is 2.27. The maximum atomic E-state index is 12.8. The third-order valence-electron chi connectivity index (χ3n) is 7.19. The minimum atomic E-state index is -1.49. The number of imide groups is 1. The van der Waals surface area contributed by atoms with E-state index in [9.17, 15) is 34.2 Å². The van der Waals surface area contributed by atoms with E-state index in [2.05, 4.69) is 45.3 Å². The number of carbonyl (C=O) groups excluding carboxylic acids is 3. The van der Waals surface area contributed by atoms with Crippen LogP contribution in [0.1, 0.15) is 85.7 Å². The van der Waals surface area contributed by atoms with Gasteiger partial charge in [-0.25, -0.2) is 9.59 Å². The van der Waals surface area contributed by atoms with Crippen LogP contribution in [0.4, 0.5) is 0 Å². The Morgan fingerprint density at radius 2 is 1.36 bits per heavy atom. The number of fused-ring (bicyclic) bond motifs is 1. The van der Waals surface area contributed by atoms with Gasteiger partial charge in [0, 0.05) is 32.1 Å². The van der Waals surface area contributed by atoms with Crippen molar-refractivity contribution in [1.29, 1.82) is 0 Å². The van der Waals surface area contributed by atoms with Crippen LogP contribution in [-0.4, -0.2) is 87.9 Å². The van der Waals surface area contributed by atoms with E-state index in [0.717, 1.165) is 40.2 Å². The molecule has 1 heterocycles. The summed E-state index contributed by atoms with van der Waals surface area (Å²) in [7, 11) is 4.37. The molecule has 2 aromatic rings. The minimum Gasteiger partial charge on any atom is -0.478 e. The summed E-state index contributed by atoms with van der Waals surface area (Å²) in [6, 6.07) is 10.2. The predicted molar refractivity (Wildman–Crippen MR) is 143 cm³/mol. The van der Waals surface area contributed by atoms with Crippen molar-refractivity contribution in [3.05, 3.63) is 69.8 Å². The van der Waals surface area contributed by atoms with Gasteiger partial charge in [-0.05, 0) is 43.9 Å². The van der Waals surface area contributed by atoms with E-state index in [1.807, 2.05) is 0 Å². The lowest BCUT2D eigenvalue weighted by Crippen LogP contribution is -2.38. The van der Waals surface area contributed by atoms with Gasteiger partial charge in [0.25, 0.3) is 11.8 Å². The number of carboxylic acid groups (broad SMARTS) is 2. The van der Waals surface area contributed by atoms with Gasteiger partial charge in [-0.2, -0.15) is 0 Å². The van der Waals surface area contributed by atoms with Crippen LogP contribution in [0.25, 0.3) is 0 Å². The molecule has 1 aliphatic heterocycles. The zero-order valence-electron chi connectivity index (χ0n) is 22.9. The highest BCUT2D eigenvalue weighted by atomic mass is 16.4. The van der Waals surface area contributed by atoms with Crippen LogP contribution in [0.3, 0.4) is 0 Å². The highest BCUT2D eigenvalue weighted by Gasteiger charge is 2.37. The molecule has 0 atom stereocenters. The summed E-state index contributed by atoms with van der Waals surface area (Å²) in [6.45, 7) is 6.80. The monoisotopic (exact) mass is 538 g/mol. The zero-order chi connectivity index (χ0) is 28.9. The summed E-state index contributed by atoms with van der Waals surface area (Å²) in [5.41, 5.74) is 1.01. The van der Waals surface area contributed by atoms with Crippen LogP contribution in [0.15, 0.2) is 36.4 Å². The molecule has 2 aromatic carbocycles. The minimum absolute atomic E-state index is 0.0355. The van der Waals surface area contributed by atoms with Crippen LogP contribution >= 0.6 is 0 Å². The molecule has 208 valence electrons. The molecule has 0 fully saturated rings. The van der Waals surface area contributed by atoms with Crippen molar-refractivity contribution in [2.24, 2.45) is 0 Å². The van der Waals surface area contributed by atoms with Gasteiger partial charge < -0.3 is 19.6 Å². The Morgan fingerprint density at radius 1 is 0.846 bits per heavy atom. The van der Waals surface area contributed by atoms with Crippen LogP contribution in [0, 0.1) is 0 Å². The summed E-state index contributed by atoms with van der Waals surface area (Å²) in [5.74, 6) is -4.28. The Morgan fingerprint density at radius 3 is 1.82 bits per heavy atom. The van der Waals surface area contributed by atoms with E-state index in [0.29, 0.717) is 32.4 Å². The highest BCUT2D eigenvalue weighted by molar-refractivity contribution is 6.23. The lowest BCUT2D eigenvalue weighted by atomic mass is 9.99. The lowest BCUT2D eigenvalue weighted by molar-refractivity contribution is -0.901. The van der Waals surface area contributed by atoms with Crippen molar-refractivity contribution in [2.75, 3.05) is 33.7 Å². The molecule has 39 heavy (non-hydrogen) atoms. The standard InChI is InChI=1S/C29H35N3O7/c1-5-32(3,4)18-21-11-9-20(10-12-21)17-30(19(2)33)13-7-6-8-14-31-26(34)22-15-24(28(36)37)25(29(38)39)16-23(22)27(31)35/h9-12,15-16H,5-8,13-14,17-18H2,1-4H3,(H-,36,37,38,39)/p+1. The second-order valence-electron chi connectivity index (χ2n) is 10.5. The topological polar surface area (TPSA) is 132 Å². The maximum Gasteiger partial charge on any atom is 0.336 e. The number of benzene rings is 2. The van der Waals surface area contributed by atoms with Gasteiger partial charge in [-0.15, -0.1) is 0 Å². The van der Waals surface area contributed by atoms with E-state index in [1.54, 1.807) is 4.90 Å². The van der Waals surface area contributed by atoms with Crippen LogP contribution in [0.5, 0.6) is 0 Å². The second-order valence-corrected chi connectivity index (χ2v) is 10.5. The summed E-state index contributed by atoms with van der Waals surface area (Å²) >= 11 is 0. The molecule has 0 unspecified atom stereocenters. The number of unbranched alkanes of at least 4 members (excludes halogenated alkanes) is 2. The quantitative estimate of drug-likeness (QED) is 0.227. The fraction of sp³-hybridized carbons (Fsp3) is 0.414. The van der Waals surface area contributed by atoms with Crippen LogP contribution < -0.4 is 0 Å². The predicted octanol–water partition coefficient (Wildman–Crippen LogP) is 3.49. The molecule has 3 amide bonds. The van der Waals surface area contributed by atoms with Crippen molar-refractivity contribution in [2.45, 2.75) is 46.2 Å². The smallest absolute Gasteiger partial charge is 0.336 e. The number of carboxylic acids is 2. The van der Waals surface area contributed by atoms with Gasteiger partial charge in [-0.3, -0.25) is 19.3 Å². The number of aromatic carboxylic acids is 2. The number of carbonyl (C=O) groups is 5. The van der Waals surface area contributed by atoms with Gasteiger partial charge >= 0.3 is 11.9 Å². The average Bonchev–Trinajstić information content (AvgIpc) is 3.11. The van der Waals surface area contributed by atoms with Crippen LogP contribution in [0.2, 0.25) is 0 Å². The van der Waals surface area contributed by atoms with E-state index in [1.165, 1.54) is 12.5 Å². The van der Waals surface area contributed by atoms with Crippen molar-refractivity contribution in [3.8, 4) is 0 Å². The first-order chi connectivity index (χ1) is 18.3. The van der Waals surface area contributed by atoms with Crippen molar-refractivity contribution in [3.63, 3.8) is 0 Å². The fourth-order valence-corrected chi connectivity index (χ4v) is 4.57. The van der Waals surface area contributed by atoms with Crippen molar-refractivity contribution >= 4 is 29.7 Å². The number of nitrogens with zero attached hydrogens (tertiary/aromatic N) is 3. The first-order valence-electron chi connectivity index (χ1n) is 13.0. The van der Waals surface area contributed by atoms with Crippen molar-refractivity contribution < 1.29 is 38.7 Å². The Labute approximate surface area is 228 Å². The third-order valence-corrected chi connectivity index (χ3v) is 7.19. The number of quaternary nitrogens is 1. The van der Waals surface area contributed by atoms with E-state index in [4.69, 9.17) is 0 Å². The Kier molecular flexibility index (Phi) is 9.24. The molecule has 2 N–H and O–H groups in total. The molecule has 0 saturated heterocycles. The Balaban J connectivity index is 1.53. The van der Waals surface area contributed by atoms with E-state index in [-0.39, 0.29) is 23.6 Å². The third kappa shape index (κ3) is 7.08. The average molecular weight is 539 g/mol. The van der Waals surface area contributed by atoms with Gasteiger partial charge in [0.1, 0.15) is 6.54 Å². The number of amides is 3. The zero-order valence-corrected chi connectivity index (χ0v) is 22.9. The molecular weight excluding hydrogens is 502 g/mol. The Bertz CT molecular complexity index is 1230. The SMILES string of the molecule is CC[N+](C)(C)Cc1ccc(CN(CCCCCN2C(=O)c3cc(C(=O)O)c(C(=O)O)cc3C2=O)C(C)=O)cc1. The van der Waals surface area contributed by atoms with E-state index < -0.39 is 34.9 Å². The normalized spacial score (nSPS) is 13.0. The van der Waals surface area contributed by atoms with Gasteiger partial charge in [0.05, 0.1) is 42.9 Å². The maximum absolute atomic E-state index is 12.8. The number of rotatable bonds is 13. The summed E-state index contributed by atoms with van der Waals surface area (Å²) in [5, 5.41) is 18.6. The molecule has 0 spiro atoms. The van der Waals surface area contributed by atoms with Gasteiger partial charge in [0.15, 0.2) is 0 Å². The van der Waals surface area contributed by atoms with E-state index >= 15 is 0 Å². The molecule has 0 radical (unpaired) electrons. The first-order valence-corrected chi connectivity index (χ1v) is 13.0. The summed E-state index contributed by atoms with van der Waals surface area (Å²) in [4.78, 5) is 63.4. The molecule has 0 saturated carbocycles. The van der Waals surface area contributed by atoms with Crippen LogP contribution in [-0.2, 0) is 17.9 Å². The lowest BCUT2D eigenvalue weighted by Gasteiger charge is -2.28. The second kappa shape index (κ2) is 12.2.